The van der Waals surface area contributed by atoms with Gasteiger partial charge in [-0.15, -0.1) is 0 Å². The van der Waals surface area contributed by atoms with Crippen LogP contribution in [0.2, 0.25) is 19.6 Å². The minimum Gasteiger partial charge on any atom is -0.0656 e. The molecular weight excluding hydrogens is 352 g/mol. The lowest BCUT2D eigenvalue weighted by molar-refractivity contribution is 0.844. The summed E-state index contributed by atoms with van der Waals surface area (Å²) in [5, 5.41) is 1.67. The molecule has 0 unspecified atom stereocenters. The molecule has 0 heterocycles. The van der Waals surface area contributed by atoms with Gasteiger partial charge in [-0.2, -0.15) is 0 Å². The van der Waals surface area contributed by atoms with Gasteiger partial charge >= 0.3 is 0 Å². The van der Waals surface area contributed by atoms with Gasteiger partial charge in [0, 0.05) is 0 Å². The molecule has 0 saturated carbocycles. The third kappa shape index (κ3) is 4.30. The first-order chi connectivity index (χ1) is 13.2. The van der Waals surface area contributed by atoms with Gasteiger partial charge in [-0.25, -0.2) is 0 Å². The first-order valence-electron chi connectivity index (χ1n) is 10.5. The van der Waals surface area contributed by atoms with Crippen LogP contribution in [0.1, 0.15) is 50.7 Å². The van der Waals surface area contributed by atoms with Crippen molar-refractivity contribution in [2.75, 3.05) is 0 Å². The summed E-state index contributed by atoms with van der Waals surface area (Å²) >= 11 is 0. The predicted octanol–water partition coefficient (Wildman–Crippen LogP) is 7.81. The maximum absolute atomic E-state index is 2.48. The van der Waals surface area contributed by atoms with E-state index in [4.69, 9.17) is 0 Å². The zero-order chi connectivity index (χ0) is 20.5. The second kappa shape index (κ2) is 8.09. The summed E-state index contributed by atoms with van der Waals surface area (Å²) in [7, 11) is -1.42. The van der Waals surface area contributed by atoms with Crippen molar-refractivity contribution in [2.24, 2.45) is 0 Å². The molecule has 0 nitrogen and oxygen atoms in total. The largest absolute Gasteiger partial charge is 0.0783 e. The van der Waals surface area contributed by atoms with Crippen LogP contribution in [0.4, 0.5) is 0 Å². The summed E-state index contributed by atoms with van der Waals surface area (Å²) in [6, 6.07) is 24.6. The lowest BCUT2D eigenvalue weighted by Gasteiger charge is -2.29. The van der Waals surface area contributed by atoms with Crippen LogP contribution >= 0.6 is 0 Å². The molecule has 28 heavy (non-hydrogen) atoms. The quantitative estimate of drug-likeness (QED) is 0.392. The molecule has 1 heteroatoms. The average Bonchev–Trinajstić information content (AvgIpc) is 2.67. The molecule has 146 valence electrons. The smallest absolute Gasteiger partial charge is 0.0656 e. The molecule has 0 aliphatic carbocycles. The SMILES string of the molecule is CC(C)c1cc(-c2ccc(-c3ccccc3)cc2)cc(C(C)C)c1[Si](C)(C)C. The summed E-state index contributed by atoms with van der Waals surface area (Å²) < 4.78 is 0. The maximum atomic E-state index is 2.48. The van der Waals surface area contributed by atoms with Crippen molar-refractivity contribution in [1.82, 2.24) is 0 Å². The van der Waals surface area contributed by atoms with Crippen LogP contribution in [0.5, 0.6) is 0 Å². The Bertz CT molecular complexity index is 897. The maximum Gasteiger partial charge on any atom is 0.0783 e. The van der Waals surface area contributed by atoms with Crippen molar-refractivity contribution in [2.45, 2.75) is 59.2 Å². The third-order valence-corrected chi connectivity index (χ3v) is 7.60. The Labute approximate surface area is 172 Å². The van der Waals surface area contributed by atoms with E-state index in [0.29, 0.717) is 11.8 Å². The third-order valence-electron chi connectivity index (χ3n) is 5.52. The molecule has 0 fully saturated rings. The molecule has 0 radical (unpaired) electrons. The second-order valence-electron chi connectivity index (χ2n) is 9.53. The van der Waals surface area contributed by atoms with Crippen LogP contribution in [-0.2, 0) is 0 Å². The van der Waals surface area contributed by atoms with E-state index in [2.05, 4.69) is 114 Å². The first kappa shape index (κ1) is 20.6. The van der Waals surface area contributed by atoms with E-state index in [1.807, 2.05) is 0 Å². The standard InChI is InChI=1S/C27H34Si/c1-19(2)25-17-24(18-26(20(3)4)27(25)28(5,6)7)23-15-13-22(14-16-23)21-11-9-8-10-12-21/h8-20H,1-7H3. The second-order valence-corrected chi connectivity index (χ2v) is 14.5. The molecule has 0 spiro atoms. The van der Waals surface area contributed by atoms with Crippen LogP contribution in [0, 0.1) is 0 Å². The van der Waals surface area contributed by atoms with Crippen LogP contribution < -0.4 is 5.19 Å². The van der Waals surface area contributed by atoms with Gasteiger partial charge in [0.05, 0.1) is 8.07 Å². The number of hydrogen-bond donors (Lipinski definition) is 0. The number of hydrogen-bond acceptors (Lipinski definition) is 0. The molecule has 0 atom stereocenters. The minimum atomic E-state index is -1.42. The van der Waals surface area contributed by atoms with Gasteiger partial charge in [-0.1, -0.05) is 119 Å². The van der Waals surface area contributed by atoms with Crippen molar-refractivity contribution in [1.29, 1.82) is 0 Å². The van der Waals surface area contributed by atoms with Gasteiger partial charge in [0.1, 0.15) is 0 Å². The Morgan fingerprint density at radius 1 is 0.536 bits per heavy atom. The van der Waals surface area contributed by atoms with Gasteiger partial charge in [0.15, 0.2) is 0 Å². The predicted molar refractivity (Wildman–Crippen MR) is 128 cm³/mol. The highest BCUT2D eigenvalue weighted by molar-refractivity contribution is 6.89. The highest BCUT2D eigenvalue weighted by Crippen LogP contribution is 2.31. The Hall–Kier alpha value is -2.12. The van der Waals surface area contributed by atoms with Gasteiger partial charge < -0.3 is 0 Å². The molecule has 0 bridgehead atoms. The Balaban J connectivity index is 2.12. The molecular formula is C27H34Si. The molecule has 3 rings (SSSR count). The zero-order valence-corrected chi connectivity index (χ0v) is 19.5. The van der Waals surface area contributed by atoms with Gasteiger partial charge in [-0.3, -0.25) is 0 Å². The fourth-order valence-electron chi connectivity index (χ4n) is 4.12. The van der Waals surface area contributed by atoms with Crippen molar-refractivity contribution < 1.29 is 0 Å². The molecule has 0 aliphatic heterocycles. The summed E-state index contributed by atoms with van der Waals surface area (Å²) in [6.07, 6.45) is 0. The van der Waals surface area contributed by atoms with E-state index in [1.54, 1.807) is 16.3 Å². The van der Waals surface area contributed by atoms with Crippen molar-refractivity contribution in [3.8, 4) is 22.3 Å². The van der Waals surface area contributed by atoms with Gasteiger partial charge in [-0.05, 0) is 45.2 Å². The highest BCUT2D eigenvalue weighted by atomic mass is 28.3. The number of rotatable bonds is 5. The molecule has 0 N–H and O–H groups in total. The minimum absolute atomic E-state index is 0.544. The van der Waals surface area contributed by atoms with Gasteiger partial charge in [0.25, 0.3) is 0 Å². The molecule has 0 amide bonds. The van der Waals surface area contributed by atoms with Crippen molar-refractivity contribution >= 4 is 13.3 Å². The topological polar surface area (TPSA) is 0 Å². The summed E-state index contributed by atoms with van der Waals surface area (Å²) in [4.78, 5) is 0. The average molecular weight is 387 g/mol. The lowest BCUT2D eigenvalue weighted by atomic mass is 9.90. The van der Waals surface area contributed by atoms with Gasteiger partial charge in [0.2, 0.25) is 0 Å². The summed E-state index contributed by atoms with van der Waals surface area (Å²) in [6.45, 7) is 16.8. The normalized spacial score (nSPS) is 12.0. The lowest BCUT2D eigenvalue weighted by Crippen LogP contribution is -2.43. The first-order valence-corrected chi connectivity index (χ1v) is 14.0. The van der Waals surface area contributed by atoms with E-state index < -0.39 is 8.07 Å². The van der Waals surface area contributed by atoms with E-state index in [-0.39, 0.29) is 0 Å². The van der Waals surface area contributed by atoms with E-state index >= 15 is 0 Å². The van der Waals surface area contributed by atoms with E-state index in [1.165, 1.54) is 22.3 Å². The van der Waals surface area contributed by atoms with Crippen LogP contribution in [0.15, 0.2) is 66.7 Å². The van der Waals surface area contributed by atoms with E-state index in [9.17, 15) is 0 Å². The molecule has 0 aromatic heterocycles. The molecule has 3 aromatic rings. The molecule has 0 aliphatic rings. The number of benzene rings is 3. The van der Waals surface area contributed by atoms with Crippen molar-refractivity contribution in [3.05, 3.63) is 77.9 Å². The fourth-order valence-corrected chi connectivity index (χ4v) is 6.57. The fraction of sp³-hybridized carbons (Fsp3) is 0.333. The van der Waals surface area contributed by atoms with Crippen LogP contribution in [-0.4, -0.2) is 8.07 Å². The van der Waals surface area contributed by atoms with Crippen molar-refractivity contribution in [3.63, 3.8) is 0 Å². The van der Waals surface area contributed by atoms with Crippen LogP contribution in [0.25, 0.3) is 22.3 Å². The highest BCUT2D eigenvalue weighted by Gasteiger charge is 2.26. The zero-order valence-electron chi connectivity index (χ0n) is 18.5. The molecule has 3 aromatic carbocycles. The summed E-state index contributed by atoms with van der Waals surface area (Å²) in [5.41, 5.74) is 8.31. The van der Waals surface area contributed by atoms with Crippen LogP contribution in [0.3, 0.4) is 0 Å². The Kier molecular flexibility index (Phi) is 5.95. The van der Waals surface area contributed by atoms with E-state index in [0.717, 1.165) is 0 Å². The Morgan fingerprint density at radius 2 is 0.929 bits per heavy atom. The monoisotopic (exact) mass is 386 g/mol. The Morgan fingerprint density at radius 3 is 1.32 bits per heavy atom. The molecule has 0 saturated heterocycles. The summed E-state index contributed by atoms with van der Waals surface area (Å²) in [5.74, 6) is 1.09.